The van der Waals surface area contributed by atoms with Crippen molar-refractivity contribution >= 4 is 5.91 Å². The van der Waals surface area contributed by atoms with E-state index < -0.39 is 23.0 Å². The van der Waals surface area contributed by atoms with Gasteiger partial charge in [0.1, 0.15) is 17.3 Å². The topological polar surface area (TPSA) is 108 Å². The molecule has 9 heteroatoms. The molecule has 0 unspecified atom stereocenters. The van der Waals surface area contributed by atoms with E-state index in [0.717, 1.165) is 29.8 Å². The fourth-order valence-corrected chi connectivity index (χ4v) is 6.16. The van der Waals surface area contributed by atoms with Crippen molar-refractivity contribution in [2.45, 2.75) is 38.0 Å². The maximum atomic E-state index is 14.5. The van der Waals surface area contributed by atoms with Crippen LogP contribution in [0.3, 0.4) is 0 Å². The SMILES string of the molecule is CC1(C)[C@H]2CC[C@]1(c1ccnc(-c3ccc(C(N)=O)nc3)n1)c1nnc(-c3c(F)cccc3F)cc12. The maximum absolute atomic E-state index is 14.5. The minimum atomic E-state index is -0.669. The number of carbonyl (C=O) groups is 1. The molecule has 7 nitrogen and oxygen atoms in total. The van der Waals surface area contributed by atoms with E-state index >= 15 is 0 Å². The predicted molar refractivity (Wildman–Crippen MR) is 128 cm³/mol. The first kappa shape index (κ1) is 22.3. The van der Waals surface area contributed by atoms with Crippen LogP contribution in [0.5, 0.6) is 0 Å². The number of nitrogens with two attached hydrogens (primary N) is 1. The highest BCUT2D eigenvalue weighted by atomic mass is 19.1. The average Bonchev–Trinajstić information content (AvgIpc) is 3.25. The molecule has 3 heterocycles. The Hall–Kier alpha value is -4.14. The third-order valence-corrected chi connectivity index (χ3v) is 7.97. The zero-order valence-electron chi connectivity index (χ0n) is 19.7. The Kier molecular flexibility index (Phi) is 4.76. The van der Waals surface area contributed by atoms with Crippen LogP contribution in [0.15, 0.2) is 54.9 Å². The van der Waals surface area contributed by atoms with Gasteiger partial charge in [-0.2, -0.15) is 5.10 Å². The first-order valence-electron chi connectivity index (χ1n) is 11.7. The number of pyridine rings is 1. The van der Waals surface area contributed by atoms with Gasteiger partial charge in [0.25, 0.3) is 5.91 Å². The van der Waals surface area contributed by atoms with Crippen molar-refractivity contribution in [2.75, 3.05) is 0 Å². The lowest BCUT2D eigenvalue weighted by Gasteiger charge is -2.37. The first-order chi connectivity index (χ1) is 17.2. The van der Waals surface area contributed by atoms with Gasteiger partial charge >= 0.3 is 0 Å². The largest absolute Gasteiger partial charge is 0.364 e. The van der Waals surface area contributed by atoms with E-state index in [2.05, 4.69) is 34.0 Å². The molecule has 180 valence electrons. The fourth-order valence-electron chi connectivity index (χ4n) is 6.16. The van der Waals surface area contributed by atoms with Crippen molar-refractivity contribution in [3.05, 3.63) is 89.1 Å². The smallest absolute Gasteiger partial charge is 0.267 e. The Morgan fingerprint density at radius 3 is 2.53 bits per heavy atom. The standard InChI is InChI=1S/C27H22F2N6O/c1-26(2)16-8-10-27(26,21-9-11-31-25(33-21)14-6-7-19(24(30)36)32-13-14)23-15(16)12-20(34-35-23)22-17(28)4-3-5-18(22)29/h3-7,9,11-13,16H,8,10H2,1-2H3,(H2,30,36)/t16-,27-/m0/s1. The van der Waals surface area contributed by atoms with E-state index in [1.54, 1.807) is 24.4 Å². The molecule has 1 saturated carbocycles. The number of nitrogens with zero attached hydrogens (tertiary/aromatic N) is 5. The molecule has 36 heavy (non-hydrogen) atoms. The van der Waals surface area contributed by atoms with Gasteiger partial charge in [-0.3, -0.25) is 9.78 Å². The van der Waals surface area contributed by atoms with Gasteiger partial charge in [0.2, 0.25) is 0 Å². The second-order valence-corrected chi connectivity index (χ2v) is 9.91. The van der Waals surface area contributed by atoms with E-state index in [1.165, 1.54) is 24.4 Å². The van der Waals surface area contributed by atoms with Gasteiger partial charge in [0, 0.05) is 18.0 Å². The molecule has 2 bridgehead atoms. The van der Waals surface area contributed by atoms with Gasteiger partial charge in [0.05, 0.1) is 28.1 Å². The van der Waals surface area contributed by atoms with Gasteiger partial charge in [-0.15, -0.1) is 5.10 Å². The number of primary amides is 1. The van der Waals surface area contributed by atoms with Crippen LogP contribution in [0.1, 0.15) is 60.0 Å². The summed E-state index contributed by atoms with van der Waals surface area (Å²) in [7, 11) is 0. The summed E-state index contributed by atoms with van der Waals surface area (Å²) in [5, 5.41) is 8.85. The average molecular weight is 485 g/mol. The monoisotopic (exact) mass is 484 g/mol. The fraction of sp³-hybridized carbons (Fsp3) is 0.259. The summed E-state index contributed by atoms with van der Waals surface area (Å²) in [6.45, 7) is 4.36. The molecule has 1 aromatic carbocycles. The van der Waals surface area contributed by atoms with Gasteiger partial charge in [-0.1, -0.05) is 19.9 Å². The number of benzene rings is 1. The third kappa shape index (κ3) is 2.95. The molecule has 2 N–H and O–H groups in total. The lowest BCUT2D eigenvalue weighted by atomic mass is 9.66. The number of aromatic nitrogens is 5. The second-order valence-electron chi connectivity index (χ2n) is 9.91. The summed E-state index contributed by atoms with van der Waals surface area (Å²) in [5.74, 6) is -1.34. The van der Waals surface area contributed by atoms with Crippen molar-refractivity contribution in [3.63, 3.8) is 0 Å². The summed E-state index contributed by atoms with van der Waals surface area (Å²) in [4.78, 5) is 24.8. The molecule has 0 radical (unpaired) electrons. The van der Waals surface area contributed by atoms with Gasteiger partial charge < -0.3 is 5.73 Å². The summed E-state index contributed by atoms with van der Waals surface area (Å²) < 4.78 is 29.0. The van der Waals surface area contributed by atoms with Crippen molar-refractivity contribution < 1.29 is 13.6 Å². The Bertz CT molecular complexity index is 1520. The van der Waals surface area contributed by atoms with Gasteiger partial charge in [-0.05, 0) is 66.1 Å². The molecule has 3 aromatic heterocycles. The van der Waals surface area contributed by atoms with E-state index in [4.69, 9.17) is 10.7 Å². The highest BCUT2D eigenvalue weighted by molar-refractivity contribution is 5.90. The molecule has 4 aromatic rings. The summed E-state index contributed by atoms with van der Waals surface area (Å²) in [6, 6.07) is 10.7. The zero-order chi connectivity index (χ0) is 25.2. The molecule has 1 fully saturated rings. The van der Waals surface area contributed by atoms with Crippen molar-refractivity contribution in [1.82, 2.24) is 25.1 Å². The predicted octanol–water partition coefficient (Wildman–Crippen LogP) is 4.58. The molecule has 0 saturated heterocycles. The molecule has 0 spiro atoms. The normalized spacial score (nSPS) is 21.4. The molecular weight excluding hydrogens is 462 g/mol. The number of rotatable bonds is 4. The van der Waals surface area contributed by atoms with E-state index in [1.807, 2.05) is 6.07 Å². The van der Waals surface area contributed by atoms with Crippen LogP contribution in [0.4, 0.5) is 8.78 Å². The molecule has 2 atom stereocenters. The number of hydrogen-bond donors (Lipinski definition) is 1. The van der Waals surface area contributed by atoms with Crippen molar-refractivity contribution in [1.29, 1.82) is 0 Å². The Morgan fingerprint density at radius 1 is 1.06 bits per heavy atom. The number of fused-ring (bicyclic) bond motifs is 5. The van der Waals surface area contributed by atoms with Gasteiger partial charge in [0.15, 0.2) is 5.82 Å². The second kappa shape index (κ2) is 7.68. The zero-order valence-corrected chi connectivity index (χ0v) is 19.7. The Labute approximate surface area is 205 Å². The molecule has 2 aliphatic rings. The number of hydrogen-bond acceptors (Lipinski definition) is 6. The van der Waals surface area contributed by atoms with Crippen LogP contribution in [0, 0.1) is 17.0 Å². The highest BCUT2D eigenvalue weighted by Crippen LogP contribution is 2.69. The number of halogens is 2. The third-order valence-electron chi connectivity index (χ3n) is 7.97. The highest BCUT2D eigenvalue weighted by Gasteiger charge is 2.65. The molecule has 1 amide bonds. The summed E-state index contributed by atoms with van der Waals surface area (Å²) in [6.07, 6.45) is 4.93. The van der Waals surface area contributed by atoms with Crippen LogP contribution < -0.4 is 5.73 Å². The molecule has 2 aliphatic carbocycles. The van der Waals surface area contributed by atoms with Crippen LogP contribution in [0.2, 0.25) is 0 Å². The van der Waals surface area contributed by atoms with Crippen LogP contribution >= 0.6 is 0 Å². The summed E-state index contributed by atoms with van der Waals surface area (Å²) in [5.41, 5.74) is 7.87. The molecule has 0 aliphatic heterocycles. The van der Waals surface area contributed by atoms with E-state index in [9.17, 15) is 13.6 Å². The Morgan fingerprint density at radius 2 is 1.83 bits per heavy atom. The van der Waals surface area contributed by atoms with E-state index in [0.29, 0.717) is 11.4 Å². The van der Waals surface area contributed by atoms with Crippen LogP contribution in [-0.2, 0) is 5.41 Å². The minimum absolute atomic E-state index is 0.131. The number of carbonyl (C=O) groups excluding carboxylic acids is 1. The Balaban J connectivity index is 1.48. The molecule has 6 rings (SSSR count). The van der Waals surface area contributed by atoms with E-state index in [-0.39, 0.29) is 28.3 Å². The quantitative estimate of drug-likeness (QED) is 0.455. The maximum Gasteiger partial charge on any atom is 0.267 e. The lowest BCUT2D eigenvalue weighted by molar-refractivity contribution is 0.0995. The summed E-state index contributed by atoms with van der Waals surface area (Å²) >= 11 is 0. The number of amides is 1. The van der Waals surface area contributed by atoms with Crippen LogP contribution in [-0.4, -0.2) is 31.1 Å². The lowest BCUT2D eigenvalue weighted by Crippen LogP contribution is -2.38. The minimum Gasteiger partial charge on any atom is -0.364 e. The van der Waals surface area contributed by atoms with Crippen LogP contribution in [0.25, 0.3) is 22.6 Å². The molecular formula is C27H22F2N6O. The first-order valence-corrected chi connectivity index (χ1v) is 11.7. The van der Waals surface area contributed by atoms with Crippen molar-refractivity contribution in [2.24, 2.45) is 11.1 Å². The van der Waals surface area contributed by atoms with Gasteiger partial charge in [-0.25, -0.2) is 18.7 Å². The van der Waals surface area contributed by atoms with Crippen molar-refractivity contribution in [3.8, 4) is 22.6 Å².